The Balaban J connectivity index is 2.93. The highest BCUT2D eigenvalue weighted by Crippen LogP contribution is 2.00. The molecule has 0 radical (unpaired) electrons. The Bertz CT molecular complexity index is 332. The van der Waals surface area contributed by atoms with Crippen LogP contribution in [0.5, 0.6) is 0 Å². The Hall–Kier alpha value is -1.91. The van der Waals surface area contributed by atoms with Gasteiger partial charge in [-0.15, -0.1) is 0 Å². The zero-order valence-corrected chi connectivity index (χ0v) is 6.98. The molecular formula is C8H8N2O3. The van der Waals surface area contributed by atoms with E-state index in [0.717, 1.165) is 0 Å². The van der Waals surface area contributed by atoms with Crippen molar-refractivity contribution in [2.75, 3.05) is 7.11 Å². The van der Waals surface area contributed by atoms with Crippen molar-refractivity contribution in [2.24, 2.45) is 5.73 Å². The van der Waals surface area contributed by atoms with Gasteiger partial charge in [0.1, 0.15) is 5.69 Å². The summed E-state index contributed by atoms with van der Waals surface area (Å²) >= 11 is 0. The molecule has 0 atom stereocenters. The lowest BCUT2D eigenvalue weighted by Gasteiger charge is -1.98. The molecule has 1 heterocycles. The second-order valence-corrected chi connectivity index (χ2v) is 2.29. The van der Waals surface area contributed by atoms with Crippen molar-refractivity contribution < 1.29 is 14.3 Å². The first-order valence-corrected chi connectivity index (χ1v) is 3.49. The normalized spacial score (nSPS) is 9.31. The molecule has 5 heteroatoms. The number of carbonyl (C=O) groups is 2. The van der Waals surface area contributed by atoms with E-state index in [9.17, 15) is 9.59 Å². The topological polar surface area (TPSA) is 82.3 Å². The number of pyridine rings is 1. The third kappa shape index (κ3) is 2.02. The molecule has 5 nitrogen and oxygen atoms in total. The molecule has 0 unspecified atom stereocenters. The SMILES string of the molecule is COC(=O)c1ccc(C(N)=O)nc1. The Kier molecular flexibility index (Phi) is 2.59. The van der Waals surface area contributed by atoms with Crippen LogP contribution in [0.25, 0.3) is 0 Å². The Morgan fingerprint density at radius 3 is 2.54 bits per heavy atom. The van der Waals surface area contributed by atoms with Gasteiger partial charge in [-0.3, -0.25) is 9.78 Å². The van der Waals surface area contributed by atoms with Crippen molar-refractivity contribution >= 4 is 11.9 Å². The Morgan fingerprint density at radius 1 is 1.46 bits per heavy atom. The van der Waals surface area contributed by atoms with Gasteiger partial charge in [0.15, 0.2) is 0 Å². The van der Waals surface area contributed by atoms with Crippen LogP contribution in [-0.2, 0) is 4.74 Å². The molecule has 1 aromatic heterocycles. The van der Waals surface area contributed by atoms with E-state index in [2.05, 4.69) is 9.72 Å². The molecule has 0 saturated carbocycles. The maximum absolute atomic E-state index is 10.9. The first-order valence-electron chi connectivity index (χ1n) is 3.49. The number of esters is 1. The largest absolute Gasteiger partial charge is 0.465 e. The van der Waals surface area contributed by atoms with Gasteiger partial charge in [0.25, 0.3) is 5.91 Å². The van der Waals surface area contributed by atoms with Gasteiger partial charge in [0.05, 0.1) is 12.7 Å². The molecule has 0 aliphatic heterocycles. The van der Waals surface area contributed by atoms with Crippen LogP contribution < -0.4 is 5.73 Å². The molecule has 2 N–H and O–H groups in total. The molecule has 68 valence electrons. The molecule has 1 aromatic rings. The van der Waals surface area contributed by atoms with Crippen molar-refractivity contribution in [2.45, 2.75) is 0 Å². The van der Waals surface area contributed by atoms with E-state index in [0.29, 0.717) is 0 Å². The predicted molar refractivity (Wildman–Crippen MR) is 44.1 cm³/mol. The molecule has 0 bridgehead atoms. The summed E-state index contributed by atoms with van der Waals surface area (Å²) in [5.74, 6) is -1.13. The van der Waals surface area contributed by atoms with Gasteiger partial charge in [0.2, 0.25) is 0 Å². The van der Waals surface area contributed by atoms with Crippen LogP contribution >= 0.6 is 0 Å². The van der Waals surface area contributed by atoms with Gasteiger partial charge in [-0.2, -0.15) is 0 Å². The number of ether oxygens (including phenoxy) is 1. The van der Waals surface area contributed by atoms with E-state index in [1.807, 2.05) is 0 Å². The smallest absolute Gasteiger partial charge is 0.339 e. The molecule has 0 fully saturated rings. The average Bonchev–Trinajstić information content (AvgIpc) is 2.17. The fourth-order valence-corrected chi connectivity index (χ4v) is 0.778. The molecule has 0 aliphatic rings. The van der Waals surface area contributed by atoms with Crippen LogP contribution in [0, 0.1) is 0 Å². The van der Waals surface area contributed by atoms with E-state index in [4.69, 9.17) is 5.73 Å². The summed E-state index contributed by atoms with van der Waals surface area (Å²) in [5, 5.41) is 0. The highest BCUT2D eigenvalue weighted by molar-refractivity contribution is 5.93. The van der Waals surface area contributed by atoms with Crippen LogP contribution in [0.15, 0.2) is 18.3 Å². The Labute approximate surface area is 74.5 Å². The molecule has 0 saturated heterocycles. The van der Waals surface area contributed by atoms with E-state index in [1.54, 1.807) is 0 Å². The summed E-state index contributed by atoms with van der Waals surface area (Å²) in [6.45, 7) is 0. The number of amides is 1. The minimum atomic E-state index is -0.628. The number of nitrogens with zero attached hydrogens (tertiary/aromatic N) is 1. The number of carbonyl (C=O) groups excluding carboxylic acids is 2. The van der Waals surface area contributed by atoms with E-state index >= 15 is 0 Å². The lowest BCUT2D eigenvalue weighted by molar-refractivity contribution is 0.0600. The van der Waals surface area contributed by atoms with Gasteiger partial charge in [0, 0.05) is 6.20 Å². The van der Waals surface area contributed by atoms with Gasteiger partial charge in [-0.1, -0.05) is 0 Å². The van der Waals surface area contributed by atoms with Crippen molar-refractivity contribution in [1.82, 2.24) is 4.98 Å². The van der Waals surface area contributed by atoms with Crippen LogP contribution in [0.3, 0.4) is 0 Å². The number of hydrogen-bond acceptors (Lipinski definition) is 4. The molecule has 13 heavy (non-hydrogen) atoms. The summed E-state index contributed by atoms with van der Waals surface area (Å²) in [5.41, 5.74) is 5.36. The van der Waals surface area contributed by atoms with Crippen molar-refractivity contribution in [3.63, 3.8) is 0 Å². The maximum atomic E-state index is 10.9. The number of methoxy groups -OCH3 is 1. The molecule has 1 amide bonds. The average molecular weight is 180 g/mol. The van der Waals surface area contributed by atoms with Crippen LogP contribution in [0.1, 0.15) is 20.8 Å². The number of nitrogens with two attached hydrogens (primary N) is 1. The van der Waals surface area contributed by atoms with E-state index in [-0.39, 0.29) is 11.3 Å². The number of primary amides is 1. The van der Waals surface area contributed by atoms with Crippen LogP contribution in [-0.4, -0.2) is 24.0 Å². The lowest BCUT2D eigenvalue weighted by atomic mass is 10.2. The summed E-state index contributed by atoms with van der Waals surface area (Å²) in [7, 11) is 1.27. The highest BCUT2D eigenvalue weighted by Gasteiger charge is 2.07. The van der Waals surface area contributed by atoms with E-state index in [1.165, 1.54) is 25.4 Å². The van der Waals surface area contributed by atoms with Gasteiger partial charge < -0.3 is 10.5 Å². The summed E-state index contributed by atoms with van der Waals surface area (Å²) in [6, 6.07) is 2.80. The molecule has 1 rings (SSSR count). The summed E-state index contributed by atoms with van der Waals surface area (Å²) < 4.78 is 4.44. The molecular weight excluding hydrogens is 172 g/mol. The van der Waals surface area contributed by atoms with Gasteiger partial charge in [-0.05, 0) is 12.1 Å². The second-order valence-electron chi connectivity index (χ2n) is 2.29. The predicted octanol–water partition coefficient (Wildman–Crippen LogP) is -0.0329. The van der Waals surface area contributed by atoms with Crippen LogP contribution in [0.4, 0.5) is 0 Å². The van der Waals surface area contributed by atoms with Crippen LogP contribution in [0.2, 0.25) is 0 Å². The minimum Gasteiger partial charge on any atom is -0.465 e. The Morgan fingerprint density at radius 2 is 2.15 bits per heavy atom. The lowest BCUT2D eigenvalue weighted by Crippen LogP contribution is -2.13. The zero-order valence-electron chi connectivity index (χ0n) is 6.98. The number of rotatable bonds is 2. The van der Waals surface area contributed by atoms with Crippen molar-refractivity contribution in [3.8, 4) is 0 Å². The quantitative estimate of drug-likeness (QED) is 0.647. The fraction of sp³-hybridized carbons (Fsp3) is 0.125. The fourth-order valence-electron chi connectivity index (χ4n) is 0.778. The monoisotopic (exact) mass is 180 g/mol. The summed E-state index contributed by atoms with van der Waals surface area (Å²) in [4.78, 5) is 25.2. The van der Waals surface area contributed by atoms with Crippen molar-refractivity contribution in [1.29, 1.82) is 0 Å². The number of aromatic nitrogens is 1. The molecule has 0 spiro atoms. The second kappa shape index (κ2) is 3.66. The maximum Gasteiger partial charge on any atom is 0.339 e. The standard InChI is InChI=1S/C8H8N2O3/c1-13-8(12)5-2-3-6(7(9)11)10-4-5/h2-4H,1H3,(H2,9,11). The minimum absolute atomic E-state index is 0.118. The first-order chi connectivity index (χ1) is 6.15. The zero-order chi connectivity index (χ0) is 9.84. The third-order valence-electron chi connectivity index (χ3n) is 1.44. The van der Waals surface area contributed by atoms with Crippen molar-refractivity contribution in [3.05, 3.63) is 29.6 Å². The highest BCUT2D eigenvalue weighted by atomic mass is 16.5. The first kappa shape index (κ1) is 9.18. The summed E-state index contributed by atoms with van der Waals surface area (Å²) in [6.07, 6.45) is 1.24. The number of hydrogen-bond donors (Lipinski definition) is 1. The van der Waals surface area contributed by atoms with Gasteiger partial charge >= 0.3 is 5.97 Å². The van der Waals surface area contributed by atoms with Gasteiger partial charge in [-0.25, -0.2) is 4.79 Å². The molecule has 0 aromatic carbocycles. The third-order valence-corrected chi connectivity index (χ3v) is 1.44. The van der Waals surface area contributed by atoms with E-state index < -0.39 is 11.9 Å². The molecule has 0 aliphatic carbocycles.